The van der Waals surface area contributed by atoms with Gasteiger partial charge in [0, 0.05) is 10.9 Å². The first kappa shape index (κ1) is 13.2. The lowest BCUT2D eigenvalue weighted by molar-refractivity contribution is 1.30. The van der Waals surface area contributed by atoms with Crippen LogP contribution in [0.3, 0.4) is 0 Å². The van der Waals surface area contributed by atoms with Crippen LogP contribution < -0.4 is 5.43 Å². The van der Waals surface area contributed by atoms with E-state index >= 15 is 0 Å². The number of hydrogen-bond acceptors (Lipinski definition) is 1. The molecule has 0 saturated heterocycles. The van der Waals surface area contributed by atoms with Gasteiger partial charge in [-0.05, 0) is 24.6 Å². The first-order valence-electron chi connectivity index (χ1n) is 6.15. The summed E-state index contributed by atoms with van der Waals surface area (Å²) >= 11 is 12.2. The van der Waals surface area contributed by atoms with Crippen molar-refractivity contribution in [2.45, 2.75) is 6.92 Å². The molecule has 0 radical (unpaired) electrons. The van der Waals surface area contributed by atoms with Gasteiger partial charge in [-0.2, -0.15) is 0 Å². The summed E-state index contributed by atoms with van der Waals surface area (Å²) in [5.41, 5.74) is 2.93. The number of nitrogens with one attached hydrogen (secondary N) is 1. The molecule has 1 N–H and O–H groups in total. The summed E-state index contributed by atoms with van der Waals surface area (Å²) in [6, 6.07) is 13.0. The van der Waals surface area contributed by atoms with Crippen LogP contribution in [-0.2, 0) is 0 Å². The molecule has 4 heteroatoms. The Bertz CT molecular complexity index is 854. The molecule has 0 unspecified atom stereocenters. The lowest BCUT2D eigenvalue weighted by Gasteiger charge is -2.10. The summed E-state index contributed by atoms with van der Waals surface area (Å²) in [6.07, 6.45) is 0. The van der Waals surface area contributed by atoms with Crippen LogP contribution in [0.5, 0.6) is 0 Å². The minimum atomic E-state index is -0.0313. The molecule has 0 aliphatic carbocycles. The third-order valence-electron chi connectivity index (χ3n) is 3.37. The smallest absolute Gasteiger partial charge is 0.192 e. The summed E-state index contributed by atoms with van der Waals surface area (Å²) in [5.74, 6) is 0. The Kier molecular flexibility index (Phi) is 3.28. The Hall–Kier alpha value is -1.77. The Morgan fingerprint density at radius 3 is 2.40 bits per heavy atom. The van der Waals surface area contributed by atoms with Crippen LogP contribution in [0.2, 0.25) is 10.0 Å². The van der Waals surface area contributed by atoms with E-state index in [-0.39, 0.29) is 5.43 Å². The maximum atomic E-state index is 12.5. The van der Waals surface area contributed by atoms with Crippen LogP contribution in [0.25, 0.3) is 22.2 Å². The van der Waals surface area contributed by atoms with Crippen molar-refractivity contribution in [1.82, 2.24) is 4.98 Å². The Morgan fingerprint density at radius 2 is 1.70 bits per heavy atom. The number of aromatic nitrogens is 1. The van der Waals surface area contributed by atoms with Gasteiger partial charge in [-0.1, -0.05) is 53.5 Å². The highest BCUT2D eigenvalue weighted by molar-refractivity contribution is 6.45. The first-order valence-corrected chi connectivity index (χ1v) is 6.91. The van der Waals surface area contributed by atoms with E-state index in [9.17, 15) is 4.79 Å². The average molecular weight is 304 g/mol. The van der Waals surface area contributed by atoms with Gasteiger partial charge in [0.25, 0.3) is 0 Å². The summed E-state index contributed by atoms with van der Waals surface area (Å²) in [4.78, 5) is 15.7. The highest BCUT2D eigenvalue weighted by Crippen LogP contribution is 2.30. The van der Waals surface area contributed by atoms with Gasteiger partial charge >= 0.3 is 0 Å². The topological polar surface area (TPSA) is 32.9 Å². The maximum Gasteiger partial charge on any atom is 0.192 e. The predicted molar refractivity (Wildman–Crippen MR) is 84.8 cm³/mol. The molecule has 20 heavy (non-hydrogen) atoms. The SMILES string of the molecule is Cc1c(-c2ccccc2)[nH]c2c(Cl)c(Cl)ccc2c1=O. The van der Waals surface area contributed by atoms with E-state index in [4.69, 9.17) is 23.2 Å². The van der Waals surface area contributed by atoms with Crippen molar-refractivity contribution in [1.29, 1.82) is 0 Å². The zero-order valence-electron chi connectivity index (χ0n) is 10.7. The van der Waals surface area contributed by atoms with Crippen LogP contribution in [0.4, 0.5) is 0 Å². The molecular weight excluding hydrogens is 293 g/mol. The number of hydrogen-bond donors (Lipinski definition) is 1. The van der Waals surface area contributed by atoms with Crippen molar-refractivity contribution >= 4 is 34.1 Å². The van der Waals surface area contributed by atoms with Gasteiger partial charge in [-0.3, -0.25) is 4.79 Å². The molecule has 1 heterocycles. The van der Waals surface area contributed by atoms with E-state index in [0.29, 0.717) is 26.5 Å². The third kappa shape index (κ3) is 2.01. The maximum absolute atomic E-state index is 12.5. The molecule has 0 aliphatic rings. The zero-order chi connectivity index (χ0) is 14.3. The van der Waals surface area contributed by atoms with E-state index in [2.05, 4.69) is 4.98 Å². The first-order chi connectivity index (χ1) is 9.59. The van der Waals surface area contributed by atoms with E-state index in [1.54, 1.807) is 12.1 Å². The molecule has 100 valence electrons. The molecule has 0 fully saturated rings. The number of fused-ring (bicyclic) bond motifs is 1. The molecule has 3 rings (SSSR count). The van der Waals surface area contributed by atoms with Crippen LogP contribution >= 0.6 is 23.2 Å². The number of pyridine rings is 1. The Labute approximate surface area is 126 Å². The van der Waals surface area contributed by atoms with Gasteiger partial charge in [-0.15, -0.1) is 0 Å². The normalized spacial score (nSPS) is 10.9. The van der Waals surface area contributed by atoms with E-state index in [0.717, 1.165) is 11.3 Å². The molecule has 1 aromatic heterocycles. The van der Waals surface area contributed by atoms with Crippen molar-refractivity contribution in [3.63, 3.8) is 0 Å². The second-order valence-electron chi connectivity index (χ2n) is 4.60. The number of aromatic amines is 1. The zero-order valence-corrected chi connectivity index (χ0v) is 12.2. The minimum Gasteiger partial charge on any atom is -0.353 e. The molecule has 0 amide bonds. The van der Waals surface area contributed by atoms with Gasteiger partial charge < -0.3 is 4.98 Å². The predicted octanol–water partition coefficient (Wildman–Crippen LogP) is 4.81. The van der Waals surface area contributed by atoms with E-state index < -0.39 is 0 Å². The van der Waals surface area contributed by atoms with Crippen molar-refractivity contribution in [3.05, 3.63) is 68.3 Å². The van der Waals surface area contributed by atoms with Crippen LogP contribution in [0, 0.1) is 6.92 Å². The van der Waals surface area contributed by atoms with Crippen LogP contribution in [0.1, 0.15) is 5.56 Å². The van der Waals surface area contributed by atoms with Crippen molar-refractivity contribution in [3.8, 4) is 11.3 Å². The summed E-state index contributed by atoms with van der Waals surface area (Å²) < 4.78 is 0. The summed E-state index contributed by atoms with van der Waals surface area (Å²) in [7, 11) is 0. The van der Waals surface area contributed by atoms with Gasteiger partial charge in [0.2, 0.25) is 0 Å². The average Bonchev–Trinajstić information content (AvgIpc) is 2.47. The van der Waals surface area contributed by atoms with E-state index in [1.807, 2.05) is 37.3 Å². The monoisotopic (exact) mass is 303 g/mol. The highest BCUT2D eigenvalue weighted by atomic mass is 35.5. The number of H-pyrrole nitrogens is 1. The standard InChI is InChI=1S/C16H11Cl2NO/c1-9-14(10-5-3-2-4-6-10)19-15-11(16(9)20)7-8-12(17)13(15)18/h2-8H,1H3,(H,19,20). The fourth-order valence-corrected chi connectivity index (χ4v) is 2.66. The molecule has 3 aromatic rings. The summed E-state index contributed by atoms with van der Waals surface area (Å²) in [5, 5.41) is 1.35. The minimum absolute atomic E-state index is 0.0313. The van der Waals surface area contributed by atoms with E-state index in [1.165, 1.54) is 0 Å². The molecule has 2 aromatic carbocycles. The number of halogens is 2. The number of benzene rings is 2. The molecule has 0 saturated carbocycles. The van der Waals surface area contributed by atoms with Crippen molar-refractivity contribution in [2.75, 3.05) is 0 Å². The van der Waals surface area contributed by atoms with Crippen LogP contribution in [0.15, 0.2) is 47.3 Å². The number of rotatable bonds is 1. The summed E-state index contributed by atoms with van der Waals surface area (Å²) in [6.45, 7) is 1.81. The van der Waals surface area contributed by atoms with Gasteiger partial charge in [-0.25, -0.2) is 0 Å². The highest BCUT2D eigenvalue weighted by Gasteiger charge is 2.13. The molecule has 0 atom stereocenters. The lowest BCUT2D eigenvalue weighted by atomic mass is 10.0. The van der Waals surface area contributed by atoms with Gasteiger partial charge in [0.15, 0.2) is 5.43 Å². The van der Waals surface area contributed by atoms with Crippen molar-refractivity contribution < 1.29 is 0 Å². The molecular formula is C16H11Cl2NO. The van der Waals surface area contributed by atoms with Crippen molar-refractivity contribution in [2.24, 2.45) is 0 Å². The fourth-order valence-electron chi connectivity index (χ4n) is 2.29. The largest absolute Gasteiger partial charge is 0.353 e. The molecule has 0 aliphatic heterocycles. The second-order valence-corrected chi connectivity index (χ2v) is 5.39. The van der Waals surface area contributed by atoms with Gasteiger partial charge in [0.1, 0.15) is 0 Å². The molecule has 0 bridgehead atoms. The van der Waals surface area contributed by atoms with Crippen LogP contribution in [-0.4, -0.2) is 4.98 Å². The second kappa shape index (κ2) is 4.97. The Morgan fingerprint density at radius 1 is 1.00 bits per heavy atom. The van der Waals surface area contributed by atoms with Gasteiger partial charge in [0.05, 0.1) is 21.3 Å². The quantitative estimate of drug-likeness (QED) is 0.687. The third-order valence-corrected chi connectivity index (χ3v) is 4.17. The molecule has 2 nitrogen and oxygen atoms in total. The lowest BCUT2D eigenvalue weighted by Crippen LogP contribution is -2.09. The Balaban J connectivity index is 2.44. The molecule has 0 spiro atoms. The fraction of sp³-hybridized carbons (Fsp3) is 0.0625.